The standard InChI is InChI=1S/C18H35N3O2/c1-18(2,3)23-17(22)21-11-6-8-15(10-12-21)20-16-9-5-4-7-14(16)13-19/h14-16,20H,4-13,19H2,1-3H3. The Morgan fingerprint density at radius 2 is 1.87 bits per heavy atom. The maximum Gasteiger partial charge on any atom is 0.410 e. The molecule has 3 N–H and O–H groups in total. The molecule has 0 aromatic rings. The first-order valence-corrected chi connectivity index (χ1v) is 9.33. The lowest BCUT2D eigenvalue weighted by molar-refractivity contribution is 0.0255. The second-order valence-electron chi connectivity index (χ2n) is 8.15. The third-order valence-electron chi connectivity index (χ3n) is 5.04. The van der Waals surface area contributed by atoms with Crippen LogP contribution >= 0.6 is 0 Å². The maximum absolute atomic E-state index is 12.2. The van der Waals surface area contributed by atoms with Gasteiger partial charge in [0.1, 0.15) is 5.60 Å². The lowest BCUT2D eigenvalue weighted by atomic mass is 9.84. The number of rotatable bonds is 3. The molecule has 3 atom stereocenters. The average molecular weight is 325 g/mol. The first-order chi connectivity index (χ1) is 10.9. The molecule has 1 saturated carbocycles. The molecule has 0 spiro atoms. The van der Waals surface area contributed by atoms with Crippen molar-refractivity contribution in [2.45, 2.75) is 83.4 Å². The summed E-state index contributed by atoms with van der Waals surface area (Å²) >= 11 is 0. The maximum atomic E-state index is 12.2. The van der Waals surface area contributed by atoms with Crippen molar-refractivity contribution in [3.05, 3.63) is 0 Å². The van der Waals surface area contributed by atoms with Gasteiger partial charge in [-0.3, -0.25) is 0 Å². The van der Waals surface area contributed by atoms with Crippen molar-refractivity contribution >= 4 is 6.09 Å². The normalized spacial score (nSPS) is 29.9. The molecule has 0 radical (unpaired) electrons. The number of carbonyl (C=O) groups is 1. The summed E-state index contributed by atoms with van der Waals surface area (Å²) < 4.78 is 5.50. The van der Waals surface area contributed by atoms with Crippen LogP contribution in [0.3, 0.4) is 0 Å². The number of nitrogens with zero attached hydrogens (tertiary/aromatic N) is 1. The van der Waals surface area contributed by atoms with Gasteiger partial charge in [-0.1, -0.05) is 12.8 Å². The molecular weight excluding hydrogens is 290 g/mol. The van der Waals surface area contributed by atoms with Gasteiger partial charge >= 0.3 is 6.09 Å². The number of likely N-dealkylation sites (tertiary alicyclic amines) is 1. The largest absolute Gasteiger partial charge is 0.444 e. The fraction of sp³-hybridized carbons (Fsp3) is 0.944. The van der Waals surface area contributed by atoms with Gasteiger partial charge in [-0.25, -0.2) is 4.79 Å². The number of nitrogens with one attached hydrogen (secondary N) is 1. The van der Waals surface area contributed by atoms with E-state index in [2.05, 4.69) is 5.32 Å². The van der Waals surface area contributed by atoms with Gasteiger partial charge < -0.3 is 20.7 Å². The molecule has 0 bridgehead atoms. The van der Waals surface area contributed by atoms with Gasteiger partial charge in [0.15, 0.2) is 0 Å². The van der Waals surface area contributed by atoms with E-state index < -0.39 is 5.60 Å². The molecule has 2 fully saturated rings. The van der Waals surface area contributed by atoms with Crippen LogP contribution in [0, 0.1) is 5.92 Å². The molecule has 5 nitrogen and oxygen atoms in total. The molecule has 1 aliphatic heterocycles. The van der Waals surface area contributed by atoms with Crippen molar-refractivity contribution in [3.63, 3.8) is 0 Å². The van der Waals surface area contributed by atoms with Crippen molar-refractivity contribution in [1.82, 2.24) is 10.2 Å². The van der Waals surface area contributed by atoms with Gasteiger partial charge in [-0.2, -0.15) is 0 Å². The topological polar surface area (TPSA) is 67.6 Å². The second kappa shape index (κ2) is 8.34. The van der Waals surface area contributed by atoms with Crippen LogP contribution in [-0.4, -0.2) is 48.3 Å². The van der Waals surface area contributed by atoms with Gasteiger partial charge in [0.2, 0.25) is 0 Å². The molecule has 1 amide bonds. The van der Waals surface area contributed by atoms with Crippen LogP contribution in [0.25, 0.3) is 0 Å². The molecule has 5 heteroatoms. The smallest absolute Gasteiger partial charge is 0.410 e. The Labute approximate surface area is 141 Å². The van der Waals surface area contributed by atoms with E-state index in [4.69, 9.17) is 10.5 Å². The first-order valence-electron chi connectivity index (χ1n) is 9.33. The molecular formula is C18H35N3O2. The molecule has 3 unspecified atom stereocenters. The lowest BCUT2D eigenvalue weighted by Crippen LogP contribution is -2.47. The second-order valence-corrected chi connectivity index (χ2v) is 8.15. The van der Waals surface area contributed by atoms with Crippen LogP contribution in [0.5, 0.6) is 0 Å². The summed E-state index contributed by atoms with van der Waals surface area (Å²) in [6.45, 7) is 8.13. The third kappa shape index (κ3) is 5.96. The zero-order chi connectivity index (χ0) is 16.9. The molecule has 2 rings (SSSR count). The van der Waals surface area contributed by atoms with Crippen LogP contribution in [0.1, 0.15) is 65.7 Å². The van der Waals surface area contributed by atoms with Crippen LogP contribution in [0.15, 0.2) is 0 Å². The molecule has 134 valence electrons. The van der Waals surface area contributed by atoms with E-state index in [1.54, 1.807) is 0 Å². The van der Waals surface area contributed by atoms with E-state index in [0.717, 1.165) is 38.9 Å². The summed E-state index contributed by atoms with van der Waals surface area (Å²) in [6, 6.07) is 1.06. The number of nitrogens with two attached hydrogens (primary N) is 1. The molecule has 1 heterocycles. The summed E-state index contributed by atoms with van der Waals surface area (Å²) in [4.78, 5) is 14.1. The molecule has 1 saturated heterocycles. The minimum atomic E-state index is -0.419. The van der Waals surface area contributed by atoms with Crippen LogP contribution in [0.4, 0.5) is 4.79 Å². The summed E-state index contributed by atoms with van der Waals surface area (Å²) in [5.41, 5.74) is 5.52. The van der Waals surface area contributed by atoms with E-state index in [1.165, 1.54) is 25.7 Å². The van der Waals surface area contributed by atoms with Crippen molar-refractivity contribution in [2.24, 2.45) is 11.7 Å². The summed E-state index contributed by atoms with van der Waals surface area (Å²) in [5.74, 6) is 0.619. The van der Waals surface area contributed by atoms with Crippen molar-refractivity contribution < 1.29 is 9.53 Å². The number of hydrogen-bond donors (Lipinski definition) is 2. The fourth-order valence-corrected chi connectivity index (χ4v) is 3.78. The quantitative estimate of drug-likeness (QED) is 0.837. The van der Waals surface area contributed by atoms with E-state index in [1.807, 2.05) is 25.7 Å². The van der Waals surface area contributed by atoms with E-state index in [0.29, 0.717) is 18.0 Å². The van der Waals surface area contributed by atoms with Crippen molar-refractivity contribution in [3.8, 4) is 0 Å². The first kappa shape index (κ1) is 18.5. The Balaban J connectivity index is 1.82. The average Bonchev–Trinajstić information content (AvgIpc) is 2.72. The summed E-state index contributed by atoms with van der Waals surface area (Å²) in [7, 11) is 0. The van der Waals surface area contributed by atoms with Crippen LogP contribution in [-0.2, 0) is 4.74 Å². The van der Waals surface area contributed by atoms with Gasteiger partial charge in [-0.05, 0) is 65.3 Å². The Hall–Kier alpha value is -0.810. The van der Waals surface area contributed by atoms with Gasteiger partial charge in [0.25, 0.3) is 0 Å². The van der Waals surface area contributed by atoms with E-state index in [9.17, 15) is 4.79 Å². The zero-order valence-electron chi connectivity index (χ0n) is 15.1. The highest BCUT2D eigenvalue weighted by Crippen LogP contribution is 2.25. The van der Waals surface area contributed by atoms with Crippen molar-refractivity contribution in [2.75, 3.05) is 19.6 Å². The molecule has 0 aromatic carbocycles. The Morgan fingerprint density at radius 1 is 1.13 bits per heavy atom. The van der Waals surface area contributed by atoms with Gasteiger partial charge in [0, 0.05) is 25.2 Å². The van der Waals surface area contributed by atoms with Crippen LogP contribution in [0.2, 0.25) is 0 Å². The number of ether oxygens (including phenoxy) is 1. The van der Waals surface area contributed by atoms with Crippen molar-refractivity contribution in [1.29, 1.82) is 0 Å². The summed E-state index contributed by atoms with van der Waals surface area (Å²) in [5, 5.41) is 3.85. The Bertz CT molecular complexity index is 381. The van der Waals surface area contributed by atoms with Gasteiger partial charge in [0.05, 0.1) is 0 Å². The lowest BCUT2D eigenvalue weighted by Gasteiger charge is -2.34. The minimum absolute atomic E-state index is 0.171. The third-order valence-corrected chi connectivity index (χ3v) is 5.04. The molecule has 2 aliphatic rings. The molecule has 1 aliphatic carbocycles. The monoisotopic (exact) mass is 325 g/mol. The Kier molecular flexibility index (Phi) is 6.72. The zero-order valence-corrected chi connectivity index (χ0v) is 15.1. The number of amides is 1. The predicted molar refractivity (Wildman–Crippen MR) is 93.4 cm³/mol. The summed E-state index contributed by atoms with van der Waals surface area (Å²) in [6.07, 6.45) is 8.13. The Morgan fingerprint density at radius 3 is 2.57 bits per heavy atom. The highest BCUT2D eigenvalue weighted by atomic mass is 16.6. The highest BCUT2D eigenvalue weighted by molar-refractivity contribution is 5.68. The molecule has 0 aromatic heterocycles. The number of hydrogen-bond acceptors (Lipinski definition) is 4. The van der Waals surface area contributed by atoms with Crippen LogP contribution < -0.4 is 11.1 Å². The van der Waals surface area contributed by atoms with Gasteiger partial charge in [-0.15, -0.1) is 0 Å². The SMILES string of the molecule is CC(C)(C)OC(=O)N1CCCC(NC2CCCCC2CN)CC1. The van der Waals surface area contributed by atoms with E-state index in [-0.39, 0.29) is 6.09 Å². The molecule has 23 heavy (non-hydrogen) atoms. The highest BCUT2D eigenvalue weighted by Gasteiger charge is 2.29. The van der Waals surface area contributed by atoms with E-state index >= 15 is 0 Å². The minimum Gasteiger partial charge on any atom is -0.444 e. The fourth-order valence-electron chi connectivity index (χ4n) is 3.78. The number of carbonyl (C=O) groups excluding carboxylic acids is 1. The predicted octanol–water partition coefficient (Wildman–Crippen LogP) is 2.88.